The second-order valence-corrected chi connectivity index (χ2v) is 7.41. The molecular formula is C19H20ClN7O4. The van der Waals surface area contributed by atoms with Crippen LogP contribution in [-0.2, 0) is 11.3 Å². The van der Waals surface area contributed by atoms with Gasteiger partial charge in [-0.3, -0.25) is 14.7 Å². The molecule has 31 heavy (non-hydrogen) atoms. The summed E-state index contributed by atoms with van der Waals surface area (Å²) in [6.45, 7) is 1.14. The van der Waals surface area contributed by atoms with Crippen molar-refractivity contribution in [2.45, 2.75) is 19.4 Å². The highest BCUT2D eigenvalue weighted by Crippen LogP contribution is 2.29. The number of carbonyl (C=O) groups is 2. The van der Waals surface area contributed by atoms with Crippen LogP contribution >= 0.6 is 11.6 Å². The van der Waals surface area contributed by atoms with Gasteiger partial charge in [0.1, 0.15) is 0 Å². The molecule has 0 atom stereocenters. The molecule has 0 aromatic carbocycles. The predicted octanol–water partition coefficient (Wildman–Crippen LogP) is 1.69. The fourth-order valence-electron chi connectivity index (χ4n) is 3.39. The van der Waals surface area contributed by atoms with Crippen LogP contribution in [0.5, 0.6) is 5.88 Å². The number of amides is 2. The molecule has 1 aliphatic rings. The Bertz CT molecular complexity index is 1060. The van der Waals surface area contributed by atoms with Crippen LogP contribution in [0.2, 0.25) is 5.02 Å². The highest BCUT2D eigenvalue weighted by Gasteiger charge is 2.29. The molecule has 0 radical (unpaired) electrons. The van der Waals surface area contributed by atoms with E-state index in [9.17, 15) is 9.59 Å². The van der Waals surface area contributed by atoms with Crippen molar-refractivity contribution in [3.63, 3.8) is 0 Å². The standard InChI is InChI=1S/C19H20ClN7O4/c1-30-17-6-12(13(20)8-21-17)14-7-15(25-24-14)19(29)27-4-2-11(3-5-27)18(28)22-9-16-23-10-31-26-16/h6-8,10-11H,2-5,9H2,1H3,(H,22,28)(H,24,25). The maximum absolute atomic E-state index is 12.9. The topological polar surface area (TPSA) is 139 Å². The number of halogens is 1. The molecule has 4 heterocycles. The van der Waals surface area contributed by atoms with Gasteiger partial charge >= 0.3 is 0 Å². The van der Waals surface area contributed by atoms with Crippen molar-refractivity contribution in [2.24, 2.45) is 5.92 Å². The molecule has 3 aromatic rings. The van der Waals surface area contributed by atoms with Gasteiger partial charge in [-0.25, -0.2) is 4.98 Å². The maximum atomic E-state index is 12.9. The van der Waals surface area contributed by atoms with Crippen molar-refractivity contribution in [1.82, 2.24) is 35.5 Å². The summed E-state index contributed by atoms with van der Waals surface area (Å²) < 4.78 is 9.77. The molecule has 0 aliphatic carbocycles. The van der Waals surface area contributed by atoms with E-state index in [0.29, 0.717) is 53.9 Å². The van der Waals surface area contributed by atoms with Crippen LogP contribution in [-0.4, -0.2) is 62.2 Å². The lowest BCUT2D eigenvalue weighted by Crippen LogP contribution is -2.43. The van der Waals surface area contributed by atoms with Gasteiger partial charge in [-0.15, -0.1) is 0 Å². The quantitative estimate of drug-likeness (QED) is 0.584. The number of ether oxygens (including phenoxy) is 1. The Morgan fingerprint density at radius 1 is 1.32 bits per heavy atom. The zero-order chi connectivity index (χ0) is 21.8. The summed E-state index contributed by atoms with van der Waals surface area (Å²) in [5, 5.41) is 13.8. The van der Waals surface area contributed by atoms with Crippen molar-refractivity contribution in [2.75, 3.05) is 20.2 Å². The number of nitrogens with one attached hydrogen (secondary N) is 2. The fraction of sp³-hybridized carbons (Fsp3) is 0.368. The Labute approximate surface area is 182 Å². The average Bonchev–Trinajstić information content (AvgIpc) is 3.50. The Balaban J connectivity index is 1.34. The molecule has 0 saturated carbocycles. The number of likely N-dealkylation sites (tertiary alicyclic amines) is 1. The Morgan fingerprint density at radius 3 is 2.84 bits per heavy atom. The third kappa shape index (κ3) is 4.66. The molecule has 1 fully saturated rings. The number of rotatable bonds is 6. The van der Waals surface area contributed by atoms with E-state index in [2.05, 4.69) is 35.2 Å². The SMILES string of the molecule is COc1cc(-c2cc(C(=O)N3CCC(C(=O)NCc4ncon4)CC3)n[nH]2)c(Cl)cn1. The summed E-state index contributed by atoms with van der Waals surface area (Å²) in [5.41, 5.74) is 1.50. The molecule has 0 bridgehead atoms. The highest BCUT2D eigenvalue weighted by atomic mass is 35.5. The van der Waals surface area contributed by atoms with Gasteiger partial charge < -0.3 is 19.5 Å². The first-order valence-electron chi connectivity index (χ1n) is 9.62. The van der Waals surface area contributed by atoms with Crippen LogP contribution in [0.25, 0.3) is 11.3 Å². The highest BCUT2D eigenvalue weighted by molar-refractivity contribution is 6.33. The third-order valence-electron chi connectivity index (χ3n) is 5.11. The van der Waals surface area contributed by atoms with Gasteiger partial charge in [-0.05, 0) is 18.9 Å². The minimum Gasteiger partial charge on any atom is -0.481 e. The van der Waals surface area contributed by atoms with E-state index >= 15 is 0 Å². The van der Waals surface area contributed by atoms with Gasteiger partial charge in [-0.2, -0.15) is 10.1 Å². The minimum absolute atomic E-state index is 0.0831. The van der Waals surface area contributed by atoms with E-state index in [-0.39, 0.29) is 30.0 Å². The third-order valence-corrected chi connectivity index (χ3v) is 5.41. The number of hydrogen-bond acceptors (Lipinski definition) is 8. The second kappa shape index (κ2) is 9.13. The Morgan fingerprint density at radius 2 is 2.13 bits per heavy atom. The van der Waals surface area contributed by atoms with Gasteiger partial charge in [0.2, 0.25) is 18.2 Å². The monoisotopic (exact) mass is 445 g/mol. The van der Waals surface area contributed by atoms with E-state index in [1.165, 1.54) is 19.7 Å². The number of methoxy groups -OCH3 is 1. The smallest absolute Gasteiger partial charge is 0.274 e. The van der Waals surface area contributed by atoms with Gasteiger partial charge in [0, 0.05) is 30.6 Å². The molecule has 11 nitrogen and oxygen atoms in total. The second-order valence-electron chi connectivity index (χ2n) is 7.01. The molecule has 4 rings (SSSR count). The van der Waals surface area contributed by atoms with Gasteiger partial charge in [0.05, 0.1) is 30.6 Å². The first-order chi connectivity index (χ1) is 15.0. The van der Waals surface area contributed by atoms with E-state index < -0.39 is 0 Å². The normalized spacial score (nSPS) is 14.5. The van der Waals surface area contributed by atoms with E-state index in [1.807, 2.05) is 0 Å². The van der Waals surface area contributed by atoms with Crippen molar-refractivity contribution in [3.8, 4) is 17.1 Å². The number of aromatic nitrogens is 5. The van der Waals surface area contributed by atoms with Crippen molar-refractivity contribution in [1.29, 1.82) is 0 Å². The van der Waals surface area contributed by atoms with Gasteiger partial charge in [-0.1, -0.05) is 16.8 Å². The lowest BCUT2D eigenvalue weighted by Gasteiger charge is -2.30. The zero-order valence-corrected chi connectivity index (χ0v) is 17.4. The number of H-pyrrole nitrogens is 1. The summed E-state index contributed by atoms with van der Waals surface area (Å²) in [7, 11) is 1.51. The van der Waals surface area contributed by atoms with Gasteiger partial charge in [0.15, 0.2) is 11.5 Å². The number of pyridine rings is 1. The van der Waals surface area contributed by atoms with E-state index in [1.54, 1.807) is 17.0 Å². The largest absolute Gasteiger partial charge is 0.481 e. The van der Waals surface area contributed by atoms with Gasteiger partial charge in [0.25, 0.3) is 5.91 Å². The van der Waals surface area contributed by atoms with Crippen LogP contribution in [0.1, 0.15) is 29.2 Å². The summed E-state index contributed by atoms with van der Waals surface area (Å²) in [6.07, 6.45) is 3.82. The minimum atomic E-state index is -0.203. The predicted molar refractivity (Wildman–Crippen MR) is 108 cm³/mol. The first-order valence-corrected chi connectivity index (χ1v) is 10.0. The average molecular weight is 446 g/mol. The summed E-state index contributed by atoms with van der Waals surface area (Å²) in [5.74, 6) is 0.364. The van der Waals surface area contributed by atoms with Crippen LogP contribution in [0.3, 0.4) is 0 Å². The van der Waals surface area contributed by atoms with Crippen molar-refractivity contribution < 1.29 is 18.8 Å². The number of nitrogens with zero attached hydrogens (tertiary/aromatic N) is 5. The maximum Gasteiger partial charge on any atom is 0.274 e. The molecule has 3 aromatic heterocycles. The van der Waals surface area contributed by atoms with Crippen LogP contribution in [0, 0.1) is 5.92 Å². The Hall–Kier alpha value is -3.47. The zero-order valence-electron chi connectivity index (χ0n) is 16.7. The molecule has 2 amide bonds. The molecule has 1 aliphatic heterocycles. The van der Waals surface area contributed by atoms with Crippen molar-refractivity contribution >= 4 is 23.4 Å². The molecule has 12 heteroatoms. The first kappa shape index (κ1) is 20.8. The lowest BCUT2D eigenvalue weighted by molar-refractivity contribution is -0.126. The molecule has 0 unspecified atom stereocenters. The lowest BCUT2D eigenvalue weighted by atomic mass is 9.95. The van der Waals surface area contributed by atoms with Crippen LogP contribution < -0.4 is 10.1 Å². The van der Waals surface area contributed by atoms with Crippen LogP contribution in [0.15, 0.2) is 29.2 Å². The number of carbonyl (C=O) groups excluding carboxylic acids is 2. The molecule has 0 spiro atoms. The number of aromatic amines is 1. The fourth-order valence-corrected chi connectivity index (χ4v) is 3.60. The van der Waals surface area contributed by atoms with Crippen LogP contribution in [0.4, 0.5) is 0 Å². The summed E-state index contributed by atoms with van der Waals surface area (Å²) >= 11 is 6.22. The molecule has 162 valence electrons. The summed E-state index contributed by atoms with van der Waals surface area (Å²) in [6, 6.07) is 3.31. The molecule has 1 saturated heterocycles. The molecule has 2 N–H and O–H groups in total. The number of piperidine rings is 1. The summed E-state index contributed by atoms with van der Waals surface area (Å²) in [4.78, 5) is 34.8. The van der Waals surface area contributed by atoms with E-state index in [0.717, 1.165) is 0 Å². The number of hydrogen-bond donors (Lipinski definition) is 2. The Kier molecular flexibility index (Phi) is 6.12. The van der Waals surface area contributed by atoms with Crippen molar-refractivity contribution in [3.05, 3.63) is 41.3 Å². The van der Waals surface area contributed by atoms with E-state index in [4.69, 9.17) is 16.3 Å². The molecular weight excluding hydrogens is 426 g/mol.